The fourth-order valence-corrected chi connectivity index (χ4v) is 3.49. The minimum atomic E-state index is -0.0971. The SMILES string of the molecule is COc1ccc(-c2noc(-c3ccc(N4CCN(C(=O)c5ccco5)CC4)nn3)n2)cc1. The second-order valence-corrected chi connectivity index (χ2v) is 7.18. The van der Waals surface area contributed by atoms with Crippen LogP contribution in [-0.4, -0.2) is 64.4 Å². The van der Waals surface area contributed by atoms with Crippen molar-refractivity contribution in [2.45, 2.75) is 0 Å². The van der Waals surface area contributed by atoms with Crippen LogP contribution in [0.25, 0.3) is 23.0 Å². The van der Waals surface area contributed by atoms with Gasteiger partial charge >= 0.3 is 0 Å². The van der Waals surface area contributed by atoms with Gasteiger partial charge in [0.1, 0.15) is 5.75 Å². The van der Waals surface area contributed by atoms with Gasteiger partial charge in [0.05, 0.1) is 13.4 Å². The predicted molar refractivity (Wildman–Crippen MR) is 114 cm³/mol. The number of carbonyl (C=O) groups is 1. The van der Waals surface area contributed by atoms with Crippen molar-refractivity contribution in [3.8, 4) is 28.7 Å². The van der Waals surface area contributed by atoms with Gasteiger partial charge in [0, 0.05) is 31.7 Å². The van der Waals surface area contributed by atoms with Crippen LogP contribution < -0.4 is 9.64 Å². The molecule has 32 heavy (non-hydrogen) atoms. The molecule has 0 atom stereocenters. The summed E-state index contributed by atoms with van der Waals surface area (Å²) in [6, 6.07) is 14.4. The second-order valence-electron chi connectivity index (χ2n) is 7.18. The Bertz CT molecular complexity index is 1180. The Morgan fingerprint density at radius 1 is 1.00 bits per heavy atom. The number of aromatic nitrogens is 4. The van der Waals surface area contributed by atoms with E-state index in [-0.39, 0.29) is 5.91 Å². The Morgan fingerprint density at radius 2 is 1.81 bits per heavy atom. The highest BCUT2D eigenvalue weighted by Crippen LogP contribution is 2.24. The molecule has 1 aliphatic rings. The summed E-state index contributed by atoms with van der Waals surface area (Å²) >= 11 is 0. The maximum atomic E-state index is 12.4. The monoisotopic (exact) mass is 432 g/mol. The highest BCUT2D eigenvalue weighted by Gasteiger charge is 2.24. The lowest BCUT2D eigenvalue weighted by Gasteiger charge is -2.34. The quantitative estimate of drug-likeness (QED) is 0.470. The summed E-state index contributed by atoms with van der Waals surface area (Å²) in [5.74, 6) is 2.50. The van der Waals surface area contributed by atoms with Crippen LogP contribution in [0.15, 0.2) is 63.7 Å². The Hall–Kier alpha value is -4.21. The van der Waals surface area contributed by atoms with Crippen LogP contribution in [0, 0.1) is 0 Å². The van der Waals surface area contributed by atoms with Crippen LogP contribution in [0.4, 0.5) is 5.82 Å². The number of nitrogens with zero attached hydrogens (tertiary/aromatic N) is 6. The number of piperazine rings is 1. The molecule has 4 heterocycles. The van der Waals surface area contributed by atoms with E-state index < -0.39 is 0 Å². The Kier molecular flexibility index (Phi) is 5.24. The molecule has 0 aliphatic carbocycles. The van der Waals surface area contributed by atoms with Gasteiger partial charge in [0.25, 0.3) is 11.8 Å². The van der Waals surface area contributed by atoms with E-state index in [4.69, 9.17) is 13.7 Å². The van der Waals surface area contributed by atoms with Gasteiger partial charge in [-0.05, 0) is 48.5 Å². The van der Waals surface area contributed by atoms with Gasteiger partial charge in [-0.25, -0.2) is 0 Å². The minimum absolute atomic E-state index is 0.0971. The van der Waals surface area contributed by atoms with E-state index in [2.05, 4.69) is 25.2 Å². The van der Waals surface area contributed by atoms with Gasteiger partial charge in [0.15, 0.2) is 17.3 Å². The number of hydrogen-bond donors (Lipinski definition) is 0. The normalized spacial score (nSPS) is 13.9. The highest BCUT2D eigenvalue weighted by atomic mass is 16.5. The number of furan rings is 1. The molecule has 162 valence electrons. The number of anilines is 1. The third-order valence-corrected chi connectivity index (χ3v) is 5.27. The van der Waals surface area contributed by atoms with Crippen LogP contribution in [0.3, 0.4) is 0 Å². The molecule has 0 N–H and O–H groups in total. The summed E-state index contributed by atoms with van der Waals surface area (Å²) in [6.07, 6.45) is 1.50. The molecule has 10 nitrogen and oxygen atoms in total. The zero-order chi connectivity index (χ0) is 21.9. The fraction of sp³-hybridized carbons (Fsp3) is 0.227. The van der Waals surface area contributed by atoms with Gasteiger partial charge in [-0.1, -0.05) is 5.16 Å². The maximum absolute atomic E-state index is 12.4. The predicted octanol–water partition coefficient (Wildman–Crippen LogP) is 2.76. The van der Waals surface area contributed by atoms with E-state index in [1.54, 1.807) is 30.2 Å². The van der Waals surface area contributed by atoms with E-state index in [9.17, 15) is 4.79 Å². The van der Waals surface area contributed by atoms with E-state index in [1.807, 2.05) is 30.3 Å². The van der Waals surface area contributed by atoms with Gasteiger partial charge < -0.3 is 23.5 Å². The maximum Gasteiger partial charge on any atom is 0.289 e. The average Bonchev–Trinajstić information content (AvgIpc) is 3.57. The lowest BCUT2D eigenvalue weighted by Crippen LogP contribution is -2.49. The van der Waals surface area contributed by atoms with Crippen molar-refractivity contribution >= 4 is 11.7 Å². The van der Waals surface area contributed by atoms with Crippen LogP contribution >= 0.6 is 0 Å². The van der Waals surface area contributed by atoms with E-state index >= 15 is 0 Å². The summed E-state index contributed by atoms with van der Waals surface area (Å²) in [5, 5.41) is 12.6. The summed E-state index contributed by atoms with van der Waals surface area (Å²) in [5.41, 5.74) is 1.31. The first-order valence-electron chi connectivity index (χ1n) is 10.1. The molecular weight excluding hydrogens is 412 g/mol. The van der Waals surface area contributed by atoms with Gasteiger partial charge in [-0.3, -0.25) is 4.79 Å². The summed E-state index contributed by atoms with van der Waals surface area (Å²) in [4.78, 5) is 20.7. The number of benzene rings is 1. The number of hydrogen-bond acceptors (Lipinski definition) is 9. The van der Waals surface area contributed by atoms with Crippen LogP contribution in [-0.2, 0) is 0 Å². The highest BCUT2D eigenvalue weighted by molar-refractivity contribution is 5.91. The summed E-state index contributed by atoms with van der Waals surface area (Å²) in [6.45, 7) is 2.47. The van der Waals surface area contributed by atoms with Gasteiger partial charge in [-0.2, -0.15) is 4.98 Å². The molecule has 1 saturated heterocycles. The first kappa shape index (κ1) is 19.7. The largest absolute Gasteiger partial charge is 0.497 e. The molecule has 1 aromatic carbocycles. The van der Waals surface area contributed by atoms with E-state index in [1.165, 1.54) is 6.26 Å². The lowest BCUT2D eigenvalue weighted by atomic mass is 10.2. The molecule has 1 amide bonds. The van der Waals surface area contributed by atoms with Crippen LogP contribution in [0.2, 0.25) is 0 Å². The summed E-state index contributed by atoms with van der Waals surface area (Å²) < 4.78 is 15.7. The van der Waals surface area contributed by atoms with Crippen molar-refractivity contribution in [1.29, 1.82) is 0 Å². The molecule has 0 spiro atoms. The molecule has 0 saturated carbocycles. The Balaban J connectivity index is 1.23. The molecular formula is C22H20N6O4. The van der Waals surface area contributed by atoms with Gasteiger partial charge in [0.2, 0.25) is 5.82 Å². The summed E-state index contributed by atoms with van der Waals surface area (Å²) in [7, 11) is 1.62. The van der Waals surface area contributed by atoms with E-state index in [0.717, 1.165) is 17.1 Å². The minimum Gasteiger partial charge on any atom is -0.497 e. The molecule has 0 radical (unpaired) electrons. The average molecular weight is 432 g/mol. The second kappa shape index (κ2) is 8.50. The standard InChI is InChI=1S/C22H20N6O4/c1-30-16-6-4-15(5-7-16)20-23-21(32-26-20)17-8-9-19(25-24-17)27-10-12-28(13-11-27)22(29)18-3-2-14-31-18/h2-9,14H,10-13H2,1H3. The topological polar surface area (TPSA) is 111 Å². The first-order chi connectivity index (χ1) is 15.7. The number of amides is 1. The molecule has 5 rings (SSSR count). The third kappa shape index (κ3) is 3.89. The third-order valence-electron chi connectivity index (χ3n) is 5.27. The number of ether oxygens (including phenoxy) is 1. The van der Waals surface area contributed by atoms with Crippen molar-refractivity contribution in [1.82, 2.24) is 25.2 Å². The molecule has 0 unspecified atom stereocenters. The van der Waals surface area contributed by atoms with Crippen molar-refractivity contribution in [3.63, 3.8) is 0 Å². The zero-order valence-electron chi connectivity index (χ0n) is 17.3. The molecule has 1 fully saturated rings. The van der Waals surface area contributed by atoms with Crippen molar-refractivity contribution in [2.75, 3.05) is 38.2 Å². The van der Waals surface area contributed by atoms with Crippen LogP contribution in [0.1, 0.15) is 10.6 Å². The first-order valence-corrected chi connectivity index (χ1v) is 10.1. The Morgan fingerprint density at radius 3 is 2.47 bits per heavy atom. The van der Waals surface area contributed by atoms with Crippen molar-refractivity contribution < 1.29 is 18.5 Å². The zero-order valence-corrected chi connectivity index (χ0v) is 17.3. The number of carbonyl (C=O) groups excluding carboxylic acids is 1. The van der Waals surface area contributed by atoms with Crippen molar-refractivity contribution in [2.24, 2.45) is 0 Å². The van der Waals surface area contributed by atoms with Crippen LogP contribution in [0.5, 0.6) is 5.75 Å². The molecule has 10 heteroatoms. The van der Waals surface area contributed by atoms with Gasteiger partial charge in [-0.15, -0.1) is 10.2 Å². The number of methoxy groups -OCH3 is 1. The molecule has 3 aromatic heterocycles. The molecule has 1 aliphatic heterocycles. The number of rotatable bonds is 5. The lowest BCUT2D eigenvalue weighted by molar-refractivity contribution is 0.0714. The van der Waals surface area contributed by atoms with E-state index in [0.29, 0.717) is 49.3 Å². The molecule has 0 bridgehead atoms. The van der Waals surface area contributed by atoms with Crippen molar-refractivity contribution in [3.05, 3.63) is 60.6 Å². The smallest absolute Gasteiger partial charge is 0.289 e. The molecule has 4 aromatic rings. The Labute approximate surface area is 183 Å². The fourth-order valence-electron chi connectivity index (χ4n) is 3.49.